The van der Waals surface area contributed by atoms with Crippen LogP contribution < -0.4 is 19.1 Å². The van der Waals surface area contributed by atoms with Gasteiger partial charge in [0.1, 0.15) is 24.1 Å². The predicted octanol–water partition coefficient (Wildman–Crippen LogP) is 1.85. The zero-order valence-corrected chi connectivity index (χ0v) is 23.5. The normalized spacial score (nSPS) is 15.4. The fourth-order valence-electron chi connectivity index (χ4n) is 4.02. The molecule has 1 aliphatic rings. The summed E-state index contributed by atoms with van der Waals surface area (Å²) >= 11 is 0. The van der Waals surface area contributed by atoms with Gasteiger partial charge in [0.15, 0.2) is 0 Å². The molecule has 210 valence electrons. The number of nitrogens with one attached hydrogen (secondary N) is 1. The van der Waals surface area contributed by atoms with Gasteiger partial charge in [0, 0.05) is 13.1 Å². The minimum Gasteiger partial charge on any atom is -0.494 e. The molecule has 1 fully saturated rings. The average Bonchev–Trinajstić information content (AvgIpc) is 2.90. The molecule has 1 atom stereocenters. The van der Waals surface area contributed by atoms with E-state index in [0.717, 1.165) is 10.6 Å². The average molecular weight is 570 g/mol. The molecule has 0 unspecified atom stereocenters. The highest BCUT2D eigenvalue weighted by Crippen LogP contribution is 2.25. The maximum atomic E-state index is 12.9. The van der Waals surface area contributed by atoms with E-state index in [1.807, 2.05) is 6.92 Å². The van der Waals surface area contributed by atoms with Crippen molar-refractivity contribution < 1.29 is 35.8 Å². The third kappa shape index (κ3) is 7.59. The molecule has 0 bridgehead atoms. The lowest BCUT2D eigenvalue weighted by Crippen LogP contribution is -2.50. The van der Waals surface area contributed by atoms with Crippen molar-refractivity contribution in [3.63, 3.8) is 0 Å². The second-order valence-electron chi connectivity index (χ2n) is 8.54. The number of morpholine rings is 1. The molecular formula is C25H35N3O8S2. The highest BCUT2D eigenvalue weighted by molar-refractivity contribution is 7.92. The van der Waals surface area contributed by atoms with Crippen molar-refractivity contribution in [2.24, 2.45) is 0 Å². The van der Waals surface area contributed by atoms with Crippen LogP contribution in [0.5, 0.6) is 11.5 Å². The summed E-state index contributed by atoms with van der Waals surface area (Å²) < 4.78 is 69.4. The first kappa shape index (κ1) is 29.7. The molecule has 1 heterocycles. The van der Waals surface area contributed by atoms with Gasteiger partial charge in [-0.05, 0) is 61.9 Å². The number of ether oxygens (including phenoxy) is 3. The van der Waals surface area contributed by atoms with E-state index in [9.17, 15) is 21.6 Å². The Labute approximate surface area is 224 Å². The van der Waals surface area contributed by atoms with E-state index < -0.39 is 32.0 Å². The number of sulfonamides is 2. The van der Waals surface area contributed by atoms with E-state index in [1.165, 1.54) is 16.4 Å². The molecule has 0 aliphatic carbocycles. The van der Waals surface area contributed by atoms with E-state index >= 15 is 0 Å². The molecule has 1 N–H and O–H groups in total. The van der Waals surface area contributed by atoms with Crippen LogP contribution in [0.1, 0.15) is 20.3 Å². The number of carbonyl (C=O) groups excluding carboxylic acids is 1. The Morgan fingerprint density at radius 3 is 2.11 bits per heavy atom. The van der Waals surface area contributed by atoms with Crippen LogP contribution in [0, 0.1) is 0 Å². The Kier molecular flexibility index (Phi) is 10.4. The van der Waals surface area contributed by atoms with Crippen molar-refractivity contribution >= 4 is 31.6 Å². The second kappa shape index (κ2) is 13.3. The van der Waals surface area contributed by atoms with E-state index in [-0.39, 0.29) is 24.5 Å². The van der Waals surface area contributed by atoms with E-state index in [1.54, 1.807) is 43.3 Å². The number of nitrogens with zero attached hydrogens (tertiary/aromatic N) is 2. The monoisotopic (exact) mass is 569 g/mol. The number of anilines is 1. The fourth-order valence-corrected chi connectivity index (χ4v) is 6.64. The molecule has 11 nitrogen and oxygen atoms in total. The summed E-state index contributed by atoms with van der Waals surface area (Å²) in [5.74, 6) is 0.591. The van der Waals surface area contributed by atoms with Gasteiger partial charge in [-0.3, -0.25) is 9.10 Å². The van der Waals surface area contributed by atoms with Gasteiger partial charge in [0.25, 0.3) is 0 Å². The van der Waals surface area contributed by atoms with Crippen molar-refractivity contribution in [1.82, 2.24) is 9.62 Å². The van der Waals surface area contributed by atoms with Crippen molar-refractivity contribution in [3.8, 4) is 11.5 Å². The topological polar surface area (TPSA) is 132 Å². The zero-order valence-electron chi connectivity index (χ0n) is 21.8. The number of amides is 1. The second-order valence-corrected chi connectivity index (χ2v) is 12.3. The molecule has 2 aromatic carbocycles. The molecule has 0 radical (unpaired) electrons. The Bertz CT molecular complexity index is 1260. The van der Waals surface area contributed by atoms with Crippen LogP contribution in [-0.4, -0.2) is 85.4 Å². The largest absolute Gasteiger partial charge is 0.494 e. The molecule has 0 saturated carbocycles. The minimum atomic E-state index is -3.76. The fraction of sp³-hybridized carbons (Fsp3) is 0.480. The molecule has 1 amide bonds. The number of carbonyl (C=O) groups is 1. The van der Waals surface area contributed by atoms with Gasteiger partial charge in [-0.25, -0.2) is 16.8 Å². The van der Waals surface area contributed by atoms with Crippen LogP contribution in [0.2, 0.25) is 0 Å². The third-order valence-corrected chi connectivity index (χ3v) is 8.93. The van der Waals surface area contributed by atoms with Crippen LogP contribution in [0.25, 0.3) is 0 Å². The lowest BCUT2D eigenvalue weighted by Gasteiger charge is -2.30. The van der Waals surface area contributed by atoms with Gasteiger partial charge in [0.05, 0.1) is 43.2 Å². The van der Waals surface area contributed by atoms with Gasteiger partial charge in [-0.15, -0.1) is 0 Å². The summed E-state index contributed by atoms with van der Waals surface area (Å²) in [7, 11) is -7.35. The lowest BCUT2D eigenvalue weighted by atomic mass is 10.2. The van der Waals surface area contributed by atoms with Gasteiger partial charge in [0.2, 0.25) is 26.0 Å². The van der Waals surface area contributed by atoms with E-state index in [2.05, 4.69) is 5.32 Å². The van der Waals surface area contributed by atoms with Gasteiger partial charge in [-0.2, -0.15) is 4.31 Å². The first-order valence-corrected chi connectivity index (χ1v) is 15.7. The van der Waals surface area contributed by atoms with Gasteiger partial charge in [-0.1, -0.05) is 6.92 Å². The van der Waals surface area contributed by atoms with E-state index in [0.29, 0.717) is 50.1 Å². The Hall–Kier alpha value is -2.87. The van der Waals surface area contributed by atoms with Crippen molar-refractivity contribution in [2.45, 2.75) is 31.2 Å². The van der Waals surface area contributed by atoms with Gasteiger partial charge < -0.3 is 19.5 Å². The Morgan fingerprint density at radius 1 is 0.974 bits per heavy atom. The molecule has 0 aromatic heterocycles. The third-order valence-electron chi connectivity index (χ3n) is 5.83. The van der Waals surface area contributed by atoms with Crippen molar-refractivity contribution in [3.05, 3.63) is 48.5 Å². The summed E-state index contributed by atoms with van der Waals surface area (Å²) in [4.78, 5) is 13.1. The van der Waals surface area contributed by atoms with Crippen LogP contribution in [0.4, 0.5) is 5.69 Å². The molecule has 1 aliphatic heterocycles. The molecule has 13 heteroatoms. The van der Waals surface area contributed by atoms with Crippen molar-refractivity contribution in [1.29, 1.82) is 0 Å². The smallest absolute Gasteiger partial charge is 0.244 e. The molecule has 2 aromatic rings. The summed E-state index contributed by atoms with van der Waals surface area (Å²) in [6.07, 6.45) is 1.32. The zero-order chi connectivity index (χ0) is 27.8. The molecule has 38 heavy (non-hydrogen) atoms. The first-order valence-electron chi connectivity index (χ1n) is 12.4. The summed E-state index contributed by atoms with van der Waals surface area (Å²) in [6.45, 7) is 5.67. The van der Waals surface area contributed by atoms with Crippen LogP contribution in [-0.2, 0) is 29.6 Å². The molecular weight excluding hydrogens is 534 g/mol. The molecule has 0 spiro atoms. The summed E-state index contributed by atoms with van der Waals surface area (Å²) in [5.41, 5.74) is 0.362. The number of hydrogen-bond donors (Lipinski definition) is 1. The first-order chi connectivity index (χ1) is 18.1. The highest BCUT2D eigenvalue weighted by Gasteiger charge is 2.31. The predicted molar refractivity (Wildman–Crippen MR) is 144 cm³/mol. The Balaban J connectivity index is 1.57. The minimum absolute atomic E-state index is 0.111. The van der Waals surface area contributed by atoms with E-state index in [4.69, 9.17) is 14.2 Å². The summed E-state index contributed by atoms with van der Waals surface area (Å²) in [5, 5.41) is 2.73. The number of hydrogen-bond acceptors (Lipinski definition) is 8. The van der Waals surface area contributed by atoms with Crippen molar-refractivity contribution in [2.75, 3.05) is 56.6 Å². The number of rotatable bonds is 13. The quantitative estimate of drug-likeness (QED) is 0.362. The van der Waals surface area contributed by atoms with Gasteiger partial charge >= 0.3 is 0 Å². The lowest BCUT2D eigenvalue weighted by molar-refractivity contribution is -0.122. The van der Waals surface area contributed by atoms with Crippen LogP contribution >= 0.6 is 0 Å². The SMILES string of the molecule is CCOc1ccc(N([C@@H](CC)C(=O)NCCOc2ccc(S(=O)(=O)N3CCOCC3)cc2)S(C)(=O)=O)cc1. The standard InChI is InChI=1S/C25H35N3O8S2/c1-4-24(28(37(3,30)31)20-6-8-21(9-7-20)35-5-2)25(29)26-14-17-36-22-10-12-23(13-11-22)38(32,33)27-15-18-34-19-16-27/h6-13,24H,4-5,14-19H2,1-3H3,(H,26,29)/t24-/m0/s1. The molecule has 1 saturated heterocycles. The van der Waals surface area contributed by atoms with Crippen LogP contribution in [0.15, 0.2) is 53.4 Å². The highest BCUT2D eigenvalue weighted by atomic mass is 32.2. The molecule has 3 rings (SSSR count). The maximum absolute atomic E-state index is 12.9. The maximum Gasteiger partial charge on any atom is 0.244 e. The number of benzene rings is 2. The summed E-state index contributed by atoms with van der Waals surface area (Å²) in [6, 6.07) is 11.6. The van der Waals surface area contributed by atoms with Crippen LogP contribution in [0.3, 0.4) is 0 Å². The Morgan fingerprint density at radius 2 is 1.55 bits per heavy atom.